The number of urea groups is 1. The van der Waals surface area contributed by atoms with Crippen LogP contribution in [0.3, 0.4) is 0 Å². The molecule has 0 saturated carbocycles. The third-order valence-electron chi connectivity index (χ3n) is 4.39. The van der Waals surface area contributed by atoms with Crippen LogP contribution in [0, 0.1) is 12.8 Å². The molecule has 6 nitrogen and oxygen atoms in total. The first-order chi connectivity index (χ1) is 12.0. The fourth-order valence-corrected chi connectivity index (χ4v) is 4.53. The summed E-state index contributed by atoms with van der Waals surface area (Å²) in [6.07, 6.45) is 1.54. The Morgan fingerprint density at radius 1 is 1.27 bits per heavy atom. The number of aryl methyl sites for hydroxylation is 1. The lowest BCUT2D eigenvalue weighted by Crippen LogP contribution is -2.51. The van der Waals surface area contributed by atoms with Crippen molar-refractivity contribution in [3.63, 3.8) is 0 Å². The predicted octanol–water partition coefficient (Wildman–Crippen LogP) is 3.15. The van der Waals surface area contributed by atoms with Crippen LogP contribution in [0.15, 0.2) is 23.1 Å². The van der Waals surface area contributed by atoms with Gasteiger partial charge in [0.05, 0.1) is 4.90 Å². The largest absolute Gasteiger partial charge is 0.333 e. The third kappa shape index (κ3) is 5.86. The summed E-state index contributed by atoms with van der Waals surface area (Å²) in [6, 6.07) is 4.78. The number of nitrogens with zero attached hydrogens (tertiary/aromatic N) is 1. The number of benzene rings is 1. The first-order valence-corrected chi connectivity index (χ1v) is 10.7. The van der Waals surface area contributed by atoms with Gasteiger partial charge in [0.15, 0.2) is 0 Å². The van der Waals surface area contributed by atoms with E-state index in [1.165, 1.54) is 6.07 Å². The van der Waals surface area contributed by atoms with Crippen LogP contribution in [-0.2, 0) is 10.0 Å². The molecule has 1 fully saturated rings. The number of nitrogens with one attached hydrogen (secondary N) is 2. The van der Waals surface area contributed by atoms with Gasteiger partial charge in [0.25, 0.3) is 0 Å². The maximum absolute atomic E-state index is 12.5. The van der Waals surface area contributed by atoms with Crippen LogP contribution in [0.4, 0.5) is 4.79 Å². The van der Waals surface area contributed by atoms with Gasteiger partial charge < -0.3 is 10.2 Å². The van der Waals surface area contributed by atoms with E-state index in [-0.39, 0.29) is 22.4 Å². The summed E-state index contributed by atoms with van der Waals surface area (Å²) in [5, 5.41) is 3.35. The van der Waals surface area contributed by atoms with Crippen molar-refractivity contribution in [1.29, 1.82) is 0 Å². The molecule has 8 heteroatoms. The summed E-state index contributed by atoms with van der Waals surface area (Å²) < 4.78 is 27.8. The monoisotopic (exact) mass is 401 g/mol. The molecule has 1 aliphatic rings. The molecular weight excluding hydrogens is 374 g/mol. The molecule has 0 bridgehead atoms. The minimum atomic E-state index is -3.59. The number of carbonyl (C=O) groups is 1. The van der Waals surface area contributed by atoms with Crippen LogP contribution in [0.1, 0.15) is 39.2 Å². The molecule has 0 atom stereocenters. The number of sulfonamides is 1. The van der Waals surface area contributed by atoms with E-state index in [2.05, 4.69) is 10.0 Å². The van der Waals surface area contributed by atoms with Crippen molar-refractivity contribution in [2.24, 2.45) is 5.92 Å². The van der Waals surface area contributed by atoms with Crippen molar-refractivity contribution < 1.29 is 13.2 Å². The fourth-order valence-electron chi connectivity index (χ4n) is 2.91. The second kappa shape index (κ2) is 8.15. The number of hydrogen-bond donors (Lipinski definition) is 2. The minimum Gasteiger partial charge on any atom is -0.333 e. The molecule has 0 aromatic heterocycles. The summed E-state index contributed by atoms with van der Waals surface area (Å²) in [6.45, 7) is 9.22. The lowest BCUT2D eigenvalue weighted by atomic mass is 9.97. The normalized spacial score (nSPS) is 16.6. The minimum absolute atomic E-state index is 0.0638. The van der Waals surface area contributed by atoms with E-state index < -0.39 is 10.0 Å². The number of piperidine rings is 1. The molecule has 1 heterocycles. The number of amides is 2. The Kier molecular flexibility index (Phi) is 6.58. The Hall–Kier alpha value is -1.31. The molecule has 2 amide bonds. The van der Waals surface area contributed by atoms with Crippen LogP contribution >= 0.6 is 11.6 Å². The van der Waals surface area contributed by atoms with E-state index in [1.54, 1.807) is 24.0 Å². The first kappa shape index (κ1) is 21.0. The maximum Gasteiger partial charge on any atom is 0.317 e. The van der Waals surface area contributed by atoms with Crippen molar-refractivity contribution >= 4 is 27.7 Å². The molecule has 0 unspecified atom stereocenters. The molecule has 146 valence electrons. The van der Waals surface area contributed by atoms with Gasteiger partial charge in [-0.1, -0.05) is 17.7 Å². The van der Waals surface area contributed by atoms with Gasteiger partial charge in [-0.15, -0.1) is 0 Å². The van der Waals surface area contributed by atoms with E-state index in [9.17, 15) is 13.2 Å². The highest BCUT2D eigenvalue weighted by molar-refractivity contribution is 7.89. The van der Waals surface area contributed by atoms with E-state index >= 15 is 0 Å². The van der Waals surface area contributed by atoms with E-state index in [1.807, 2.05) is 20.8 Å². The molecule has 1 aromatic rings. The van der Waals surface area contributed by atoms with Gasteiger partial charge in [-0.2, -0.15) is 0 Å². The molecule has 1 aromatic carbocycles. The van der Waals surface area contributed by atoms with Crippen LogP contribution in [-0.4, -0.2) is 44.5 Å². The third-order valence-corrected chi connectivity index (χ3v) is 6.19. The number of hydrogen-bond acceptors (Lipinski definition) is 3. The second-order valence-electron chi connectivity index (χ2n) is 7.87. The molecule has 1 aliphatic heterocycles. The SMILES string of the molecule is Cc1ccc(Cl)cc1S(=O)(=O)NCC1CCN(C(=O)NC(C)(C)C)CC1. The summed E-state index contributed by atoms with van der Waals surface area (Å²) in [5.74, 6) is 0.211. The lowest BCUT2D eigenvalue weighted by Gasteiger charge is -2.34. The number of carbonyl (C=O) groups excluding carboxylic acids is 1. The molecule has 1 saturated heterocycles. The smallest absolute Gasteiger partial charge is 0.317 e. The summed E-state index contributed by atoms with van der Waals surface area (Å²) in [5.41, 5.74) is 0.397. The standard InChI is InChI=1S/C18H28ClN3O3S/c1-13-5-6-15(19)11-16(13)26(24,25)20-12-14-7-9-22(10-8-14)17(23)21-18(2,3)4/h5-6,11,14,20H,7-10,12H2,1-4H3,(H,21,23). The highest BCUT2D eigenvalue weighted by Gasteiger charge is 2.26. The molecular formula is C18H28ClN3O3S. The van der Waals surface area contributed by atoms with Crippen LogP contribution in [0.25, 0.3) is 0 Å². The number of rotatable bonds is 4. The van der Waals surface area contributed by atoms with Gasteiger partial charge >= 0.3 is 6.03 Å². The first-order valence-electron chi connectivity index (χ1n) is 8.81. The molecule has 0 spiro atoms. The van der Waals surface area contributed by atoms with Crippen molar-refractivity contribution in [2.45, 2.75) is 51.0 Å². The lowest BCUT2D eigenvalue weighted by molar-refractivity contribution is 0.163. The van der Waals surface area contributed by atoms with Crippen molar-refractivity contribution in [3.8, 4) is 0 Å². The molecule has 2 N–H and O–H groups in total. The zero-order valence-electron chi connectivity index (χ0n) is 15.8. The Morgan fingerprint density at radius 3 is 2.46 bits per heavy atom. The highest BCUT2D eigenvalue weighted by Crippen LogP contribution is 2.22. The van der Waals surface area contributed by atoms with Gasteiger partial charge in [0.1, 0.15) is 0 Å². The van der Waals surface area contributed by atoms with Crippen molar-refractivity contribution in [2.75, 3.05) is 19.6 Å². The summed E-state index contributed by atoms with van der Waals surface area (Å²) in [7, 11) is -3.59. The fraction of sp³-hybridized carbons (Fsp3) is 0.611. The zero-order chi connectivity index (χ0) is 19.5. The van der Waals surface area contributed by atoms with Crippen molar-refractivity contribution in [1.82, 2.24) is 14.9 Å². The average Bonchev–Trinajstić information content (AvgIpc) is 2.54. The zero-order valence-corrected chi connectivity index (χ0v) is 17.4. The van der Waals surface area contributed by atoms with Gasteiger partial charge in [0.2, 0.25) is 10.0 Å². The second-order valence-corrected chi connectivity index (χ2v) is 10.0. The Balaban J connectivity index is 1.88. The predicted molar refractivity (Wildman–Crippen MR) is 104 cm³/mol. The maximum atomic E-state index is 12.5. The van der Waals surface area contributed by atoms with Gasteiger partial charge in [-0.3, -0.25) is 0 Å². The van der Waals surface area contributed by atoms with E-state index in [0.29, 0.717) is 30.2 Å². The van der Waals surface area contributed by atoms with Gasteiger partial charge in [-0.25, -0.2) is 17.9 Å². The highest BCUT2D eigenvalue weighted by atomic mass is 35.5. The van der Waals surface area contributed by atoms with Crippen LogP contribution in [0.2, 0.25) is 5.02 Å². The van der Waals surface area contributed by atoms with Crippen molar-refractivity contribution in [3.05, 3.63) is 28.8 Å². The van der Waals surface area contributed by atoms with Gasteiger partial charge in [-0.05, 0) is 64.2 Å². The number of halogens is 1. The molecule has 26 heavy (non-hydrogen) atoms. The van der Waals surface area contributed by atoms with Crippen LogP contribution < -0.4 is 10.0 Å². The topological polar surface area (TPSA) is 78.5 Å². The van der Waals surface area contributed by atoms with Crippen LogP contribution in [0.5, 0.6) is 0 Å². The van der Waals surface area contributed by atoms with E-state index in [4.69, 9.17) is 11.6 Å². The quantitative estimate of drug-likeness (QED) is 0.813. The van der Waals surface area contributed by atoms with Gasteiger partial charge in [0, 0.05) is 30.2 Å². The average molecular weight is 402 g/mol. The Labute approximate surface area is 161 Å². The van der Waals surface area contributed by atoms with E-state index in [0.717, 1.165) is 12.8 Å². The molecule has 2 rings (SSSR count). The summed E-state index contributed by atoms with van der Waals surface area (Å²) in [4.78, 5) is 14.2. The Morgan fingerprint density at radius 2 is 1.88 bits per heavy atom. The number of likely N-dealkylation sites (tertiary alicyclic amines) is 1. The molecule has 0 radical (unpaired) electrons. The molecule has 0 aliphatic carbocycles. The summed E-state index contributed by atoms with van der Waals surface area (Å²) >= 11 is 5.93. The Bertz CT molecular complexity index is 751.